The van der Waals surface area contributed by atoms with Crippen LogP contribution in [0.4, 0.5) is 14.5 Å². The third-order valence-electron chi connectivity index (χ3n) is 4.95. The summed E-state index contributed by atoms with van der Waals surface area (Å²) in [5.74, 6) is -3.19. The van der Waals surface area contributed by atoms with Crippen LogP contribution in [-0.4, -0.2) is 35.7 Å². The van der Waals surface area contributed by atoms with Crippen LogP contribution in [0.15, 0.2) is 42.5 Å². The highest BCUT2D eigenvalue weighted by molar-refractivity contribution is 5.96. The molecule has 0 saturated carbocycles. The number of nitrogens with two attached hydrogens (primary N) is 1. The number of rotatable bonds is 5. The molecule has 1 aliphatic heterocycles. The van der Waals surface area contributed by atoms with E-state index in [9.17, 15) is 23.2 Å². The Balaban J connectivity index is 1.60. The minimum atomic E-state index is -0.902. The van der Waals surface area contributed by atoms with Crippen molar-refractivity contribution in [2.24, 2.45) is 11.7 Å². The number of carbonyl (C=O) groups is 3. The van der Waals surface area contributed by atoms with Crippen LogP contribution in [-0.2, 0) is 16.0 Å². The highest BCUT2D eigenvalue weighted by Gasteiger charge is 2.29. The minimum absolute atomic E-state index is 0.0205. The lowest BCUT2D eigenvalue weighted by Gasteiger charge is -2.31. The fraction of sp³-hybridized carbons (Fsp3) is 0.286. The summed E-state index contributed by atoms with van der Waals surface area (Å²) in [5, 5.41) is 2.82. The summed E-state index contributed by atoms with van der Waals surface area (Å²) < 4.78 is 26.9. The summed E-state index contributed by atoms with van der Waals surface area (Å²) in [6.07, 6.45) is 0.851. The molecule has 29 heavy (non-hydrogen) atoms. The maximum atomic E-state index is 13.8. The van der Waals surface area contributed by atoms with Gasteiger partial charge >= 0.3 is 0 Å². The molecule has 8 heteroatoms. The lowest BCUT2D eigenvalue weighted by molar-refractivity contribution is -0.121. The average Bonchev–Trinajstić information content (AvgIpc) is 2.69. The molecule has 3 rings (SSSR count). The molecule has 0 atom stereocenters. The van der Waals surface area contributed by atoms with Gasteiger partial charge in [0.15, 0.2) is 0 Å². The van der Waals surface area contributed by atoms with Crippen LogP contribution in [0.25, 0.3) is 0 Å². The summed E-state index contributed by atoms with van der Waals surface area (Å²) in [6, 6.07) is 9.77. The first-order valence-corrected chi connectivity index (χ1v) is 9.26. The number of piperidine rings is 1. The second-order valence-electron chi connectivity index (χ2n) is 6.98. The highest BCUT2D eigenvalue weighted by Crippen LogP contribution is 2.23. The van der Waals surface area contributed by atoms with Crippen molar-refractivity contribution >= 4 is 23.4 Å². The maximum absolute atomic E-state index is 13.8. The van der Waals surface area contributed by atoms with Gasteiger partial charge in [-0.2, -0.15) is 0 Å². The van der Waals surface area contributed by atoms with E-state index in [4.69, 9.17) is 5.73 Å². The van der Waals surface area contributed by atoms with Gasteiger partial charge in [0, 0.05) is 30.8 Å². The zero-order valence-electron chi connectivity index (χ0n) is 15.7. The molecular weight excluding hydrogens is 380 g/mol. The van der Waals surface area contributed by atoms with Gasteiger partial charge in [-0.25, -0.2) is 8.78 Å². The number of anilines is 1. The molecule has 0 radical (unpaired) electrons. The number of likely N-dealkylation sites (tertiary alicyclic amines) is 1. The molecule has 1 aliphatic rings. The number of para-hydroxylation sites is 1. The first-order valence-electron chi connectivity index (χ1n) is 9.26. The molecule has 152 valence electrons. The molecule has 1 saturated heterocycles. The van der Waals surface area contributed by atoms with Crippen molar-refractivity contribution in [3.05, 3.63) is 65.2 Å². The zero-order valence-corrected chi connectivity index (χ0v) is 15.7. The van der Waals surface area contributed by atoms with Gasteiger partial charge in [0.05, 0.1) is 12.0 Å². The zero-order chi connectivity index (χ0) is 21.0. The Morgan fingerprint density at radius 2 is 1.76 bits per heavy atom. The lowest BCUT2D eigenvalue weighted by Crippen LogP contribution is -2.41. The Bertz CT molecular complexity index is 941. The number of benzene rings is 2. The van der Waals surface area contributed by atoms with Crippen molar-refractivity contribution in [2.75, 3.05) is 18.4 Å². The van der Waals surface area contributed by atoms with E-state index in [0.29, 0.717) is 30.2 Å². The quantitative estimate of drug-likeness (QED) is 0.806. The monoisotopic (exact) mass is 401 g/mol. The maximum Gasteiger partial charge on any atom is 0.256 e. The smallest absolute Gasteiger partial charge is 0.256 e. The third kappa shape index (κ3) is 4.96. The summed E-state index contributed by atoms with van der Waals surface area (Å²) in [7, 11) is 0. The molecule has 2 aromatic rings. The normalized spacial score (nSPS) is 14.5. The number of nitrogens with one attached hydrogen (secondary N) is 1. The number of hydrogen-bond donors (Lipinski definition) is 2. The Kier molecular flexibility index (Phi) is 6.21. The van der Waals surface area contributed by atoms with Crippen LogP contribution in [0.5, 0.6) is 0 Å². The van der Waals surface area contributed by atoms with E-state index in [1.54, 1.807) is 24.3 Å². The molecule has 1 fully saturated rings. The van der Waals surface area contributed by atoms with Crippen molar-refractivity contribution in [3.8, 4) is 0 Å². The van der Waals surface area contributed by atoms with Crippen molar-refractivity contribution < 1.29 is 23.2 Å². The third-order valence-corrected chi connectivity index (χ3v) is 4.95. The average molecular weight is 401 g/mol. The second-order valence-corrected chi connectivity index (χ2v) is 6.98. The van der Waals surface area contributed by atoms with Gasteiger partial charge in [-0.1, -0.05) is 18.2 Å². The fourth-order valence-corrected chi connectivity index (χ4v) is 3.40. The van der Waals surface area contributed by atoms with Gasteiger partial charge < -0.3 is 16.0 Å². The molecule has 2 aromatic carbocycles. The fourth-order valence-electron chi connectivity index (χ4n) is 3.40. The van der Waals surface area contributed by atoms with Gasteiger partial charge in [-0.3, -0.25) is 14.4 Å². The molecule has 3 amide bonds. The van der Waals surface area contributed by atoms with Crippen LogP contribution < -0.4 is 11.1 Å². The number of hydrogen-bond acceptors (Lipinski definition) is 3. The second kappa shape index (κ2) is 8.81. The Morgan fingerprint density at radius 1 is 1.07 bits per heavy atom. The number of primary amides is 1. The number of nitrogens with zero attached hydrogens (tertiary/aromatic N) is 1. The molecule has 0 aromatic heterocycles. The van der Waals surface area contributed by atoms with E-state index in [-0.39, 0.29) is 36.9 Å². The number of carbonyl (C=O) groups excluding carboxylic acids is 3. The van der Waals surface area contributed by atoms with Gasteiger partial charge in [0.2, 0.25) is 11.8 Å². The Labute approximate surface area is 166 Å². The first kappa shape index (κ1) is 20.4. The number of amides is 3. The van der Waals surface area contributed by atoms with E-state index < -0.39 is 23.4 Å². The molecule has 3 N–H and O–H groups in total. The standard InChI is InChI=1S/C21H21F2N3O3/c22-15-5-6-16(17(23)12-15)21(29)26-9-7-13(8-10-26)20(28)25-18-4-2-1-3-14(18)11-19(24)27/h1-6,12-13H,7-11H2,(H2,24,27)(H,25,28). The molecule has 0 aliphatic carbocycles. The Hall–Kier alpha value is -3.29. The van der Waals surface area contributed by atoms with Gasteiger partial charge in [0.25, 0.3) is 5.91 Å². The van der Waals surface area contributed by atoms with Crippen molar-refractivity contribution in [2.45, 2.75) is 19.3 Å². The largest absolute Gasteiger partial charge is 0.369 e. The van der Waals surface area contributed by atoms with Crippen LogP contribution in [0.2, 0.25) is 0 Å². The van der Waals surface area contributed by atoms with Crippen molar-refractivity contribution in [1.29, 1.82) is 0 Å². The molecule has 1 heterocycles. The van der Waals surface area contributed by atoms with Crippen LogP contribution in [0, 0.1) is 17.6 Å². The topological polar surface area (TPSA) is 92.5 Å². The van der Waals surface area contributed by atoms with Crippen molar-refractivity contribution in [3.63, 3.8) is 0 Å². The van der Waals surface area contributed by atoms with Gasteiger partial charge in [-0.15, -0.1) is 0 Å². The lowest BCUT2D eigenvalue weighted by atomic mass is 9.95. The summed E-state index contributed by atoms with van der Waals surface area (Å²) >= 11 is 0. The Morgan fingerprint density at radius 3 is 2.41 bits per heavy atom. The number of halogens is 2. The van der Waals surface area contributed by atoms with E-state index in [0.717, 1.165) is 12.1 Å². The van der Waals surface area contributed by atoms with E-state index >= 15 is 0 Å². The summed E-state index contributed by atoms with van der Waals surface area (Å²) in [6.45, 7) is 0.577. The molecule has 6 nitrogen and oxygen atoms in total. The van der Waals surface area contributed by atoms with Gasteiger partial charge in [0.1, 0.15) is 11.6 Å². The minimum Gasteiger partial charge on any atom is -0.369 e. The SMILES string of the molecule is NC(=O)Cc1ccccc1NC(=O)C1CCN(C(=O)c2ccc(F)cc2F)CC1. The van der Waals surface area contributed by atoms with E-state index in [2.05, 4.69) is 5.32 Å². The first-order chi connectivity index (χ1) is 13.8. The van der Waals surface area contributed by atoms with E-state index in [1.807, 2.05) is 0 Å². The van der Waals surface area contributed by atoms with Crippen LogP contribution in [0.3, 0.4) is 0 Å². The molecule has 0 bridgehead atoms. The predicted molar refractivity (Wildman–Crippen MR) is 103 cm³/mol. The highest BCUT2D eigenvalue weighted by atomic mass is 19.1. The molecule has 0 unspecified atom stereocenters. The van der Waals surface area contributed by atoms with Crippen molar-refractivity contribution in [1.82, 2.24) is 4.90 Å². The summed E-state index contributed by atoms with van der Waals surface area (Å²) in [5.41, 5.74) is 6.22. The van der Waals surface area contributed by atoms with Gasteiger partial charge in [-0.05, 0) is 36.6 Å². The summed E-state index contributed by atoms with van der Waals surface area (Å²) in [4.78, 5) is 37.7. The predicted octanol–water partition coefficient (Wildman–Crippen LogP) is 2.48. The van der Waals surface area contributed by atoms with E-state index in [1.165, 1.54) is 4.90 Å². The van der Waals surface area contributed by atoms with Crippen LogP contribution >= 0.6 is 0 Å². The van der Waals surface area contributed by atoms with Crippen LogP contribution in [0.1, 0.15) is 28.8 Å². The molecular formula is C21H21F2N3O3. The molecule has 0 spiro atoms.